The van der Waals surface area contributed by atoms with Gasteiger partial charge in [0.2, 0.25) is 0 Å². The quantitative estimate of drug-likeness (QED) is 0.498. The third-order valence-corrected chi connectivity index (χ3v) is 3.11. The average molecular weight is 354 g/mol. The molecule has 0 radical (unpaired) electrons. The minimum Gasteiger partial charge on any atom is -0.545 e. The highest BCUT2D eigenvalue weighted by Crippen LogP contribution is 2.07. The highest BCUT2D eigenvalue weighted by atomic mass is 16.5. The Kier molecular flexibility index (Phi) is 6.87. The molecule has 0 aliphatic carbocycles. The van der Waals surface area contributed by atoms with Gasteiger partial charge in [0.25, 0.3) is 11.8 Å². The lowest BCUT2D eigenvalue weighted by atomic mass is 10.1. The maximum atomic E-state index is 11.6. The van der Waals surface area contributed by atoms with E-state index < -0.39 is 17.8 Å². The Bertz CT molecular complexity index is 788. The summed E-state index contributed by atoms with van der Waals surface area (Å²) in [5.74, 6) is -1.67. The van der Waals surface area contributed by atoms with Crippen LogP contribution in [0.2, 0.25) is 0 Å². The molecule has 2 amide bonds. The van der Waals surface area contributed by atoms with Crippen molar-refractivity contribution in [2.45, 2.75) is 0 Å². The molecule has 0 heterocycles. The lowest BCUT2D eigenvalue weighted by Crippen LogP contribution is -2.37. The van der Waals surface area contributed by atoms with E-state index >= 15 is 0 Å². The number of carboxylic acids is 1. The van der Waals surface area contributed by atoms with E-state index in [2.05, 4.69) is 15.8 Å². The first-order valence-corrected chi connectivity index (χ1v) is 7.62. The number of rotatable bonds is 8. The Balaban J connectivity index is 1.68. The molecular weight excluding hydrogens is 338 g/mol. The zero-order valence-electron chi connectivity index (χ0n) is 13.7. The second-order valence-corrected chi connectivity index (χ2v) is 5.08. The lowest BCUT2D eigenvalue weighted by Gasteiger charge is -2.06. The van der Waals surface area contributed by atoms with Crippen molar-refractivity contribution < 1.29 is 24.2 Å². The number of aromatic carboxylic acids is 1. The molecule has 2 aromatic rings. The maximum absolute atomic E-state index is 11.6. The van der Waals surface area contributed by atoms with E-state index in [1.807, 2.05) is 6.07 Å². The van der Waals surface area contributed by atoms with Crippen LogP contribution in [0.3, 0.4) is 0 Å². The van der Waals surface area contributed by atoms with Crippen LogP contribution in [-0.4, -0.2) is 37.1 Å². The van der Waals surface area contributed by atoms with E-state index in [1.165, 1.54) is 30.5 Å². The fourth-order valence-electron chi connectivity index (χ4n) is 1.82. The first-order valence-electron chi connectivity index (χ1n) is 7.62. The van der Waals surface area contributed by atoms with Gasteiger partial charge in [0.1, 0.15) is 5.75 Å². The molecule has 2 aromatic carbocycles. The van der Waals surface area contributed by atoms with Gasteiger partial charge in [-0.2, -0.15) is 5.10 Å². The highest BCUT2D eigenvalue weighted by molar-refractivity contribution is 5.89. The molecule has 0 aliphatic rings. The summed E-state index contributed by atoms with van der Waals surface area (Å²) < 4.78 is 5.25. The van der Waals surface area contributed by atoms with Crippen molar-refractivity contribution in [1.29, 1.82) is 0 Å². The Labute approximate surface area is 149 Å². The normalized spacial score (nSPS) is 10.3. The number of para-hydroxylation sites is 1. The number of amides is 2. The predicted molar refractivity (Wildman–Crippen MR) is 91.5 cm³/mol. The second kappa shape index (κ2) is 9.58. The van der Waals surface area contributed by atoms with Crippen molar-refractivity contribution in [3.63, 3.8) is 0 Å². The molecule has 0 bridgehead atoms. The van der Waals surface area contributed by atoms with Crippen LogP contribution in [0.1, 0.15) is 15.9 Å². The molecule has 0 unspecified atom stereocenters. The summed E-state index contributed by atoms with van der Waals surface area (Å²) in [7, 11) is 0. The van der Waals surface area contributed by atoms with Gasteiger partial charge in [0.05, 0.1) is 18.7 Å². The average Bonchev–Trinajstić information content (AvgIpc) is 2.66. The van der Waals surface area contributed by atoms with Crippen molar-refractivity contribution >= 4 is 24.0 Å². The number of nitrogens with one attached hydrogen (secondary N) is 2. The minimum absolute atomic E-state index is 0.0478. The van der Waals surface area contributed by atoms with Crippen LogP contribution in [0.15, 0.2) is 59.7 Å². The van der Waals surface area contributed by atoms with Gasteiger partial charge in [0.15, 0.2) is 6.61 Å². The number of nitrogens with zero attached hydrogens (tertiary/aromatic N) is 1. The number of hydrazone groups is 1. The Morgan fingerprint density at radius 3 is 2.35 bits per heavy atom. The van der Waals surface area contributed by atoms with Crippen LogP contribution in [0, 0.1) is 0 Å². The molecule has 0 aromatic heterocycles. The fourth-order valence-corrected chi connectivity index (χ4v) is 1.82. The zero-order valence-corrected chi connectivity index (χ0v) is 13.7. The number of carbonyl (C=O) groups excluding carboxylic acids is 3. The summed E-state index contributed by atoms with van der Waals surface area (Å²) in [5.41, 5.74) is 2.88. The van der Waals surface area contributed by atoms with Crippen LogP contribution < -0.4 is 20.6 Å². The third kappa shape index (κ3) is 6.44. The summed E-state index contributed by atoms with van der Waals surface area (Å²) in [4.78, 5) is 33.8. The summed E-state index contributed by atoms with van der Waals surface area (Å²) >= 11 is 0. The molecule has 0 aliphatic heterocycles. The smallest absolute Gasteiger partial charge is 0.259 e. The summed E-state index contributed by atoms with van der Waals surface area (Å²) in [6.07, 6.45) is 1.34. The number of ether oxygens (including phenoxy) is 1. The van der Waals surface area contributed by atoms with Crippen LogP contribution in [0.25, 0.3) is 0 Å². The standard InChI is InChI=1S/C18H17N3O5/c22-16(11-19-17(23)12-26-15-4-2-1-3-5-15)21-20-10-13-6-8-14(9-7-13)18(24)25/h1-10H,11-12H2,(H,19,23)(H,21,22)(H,24,25)/p-1. The second-order valence-electron chi connectivity index (χ2n) is 5.08. The van der Waals surface area contributed by atoms with Crippen LogP contribution in [0.5, 0.6) is 5.75 Å². The molecule has 2 N–H and O–H groups in total. The largest absolute Gasteiger partial charge is 0.545 e. The minimum atomic E-state index is -1.27. The van der Waals surface area contributed by atoms with Crippen molar-refractivity contribution in [3.05, 3.63) is 65.7 Å². The van der Waals surface area contributed by atoms with Gasteiger partial charge in [0, 0.05) is 0 Å². The third-order valence-electron chi connectivity index (χ3n) is 3.11. The van der Waals surface area contributed by atoms with Gasteiger partial charge in [-0.1, -0.05) is 42.5 Å². The molecule has 8 heteroatoms. The van der Waals surface area contributed by atoms with Crippen LogP contribution in [-0.2, 0) is 9.59 Å². The van der Waals surface area contributed by atoms with Crippen molar-refractivity contribution in [3.8, 4) is 5.75 Å². The van der Waals surface area contributed by atoms with E-state index in [0.29, 0.717) is 11.3 Å². The lowest BCUT2D eigenvalue weighted by molar-refractivity contribution is -0.255. The SMILES string of the molecule is O=C(COc1ccccc1)NCC(=O)NN=Cc1ccc(C(=O)[O-])cc1. The van der Waals surface area contributed by atoms with E-state index in [4.69, 9.17) is 4.74 Å². The van der Waals surface area contributed by atoms with Crippen LogP contribution in [0.4, 0.5) is 0 Å². The monoisotopic (exact) mass is 354 g/mol. The highest BCUT2D eigenvalue weighted by Gasteiger charge is 2.05. The number of carboxylic acid groups (broad SMARTS) is 1. The Morgan fingerprint density at radius 1 is 1.00 bits per heavy atom. The zero-order chi connectivity index (χ0) is 18.8. The topological polar surface area (TPSA) is 120 Å². The molecule has 0 spiro atoms. The van der Waals surface area contributed by atoms with E-state index in [0.717, 1.165) is 0 Å². The van der Waals surface area contributed by atoms with Crippen molar-refractivity contribution in [2.24, 2.45) is 5.10 Å². The number of hydrogen-bond acceptors (Lipinski definition) is 6. The molecular formula is C18H16N3O5-. The molecule has 0 saturated heterocycles. The number of benzene rings is 2. The van der Waals surface area contributed by atoms with Crippen molar-refractivity contribution in [1.82, 2.24) is 10.7 Å². The Hall–Kier alpha value is -3.68. The number of hydrogen-bond donors (Lipinski definition) is 2. The van der Waals surface area contributed by atoms with E-state index in [1.54, 1.807) is 24.3 Å². The molecule has 2 rings (SSSR count). The molecule has 0 atom stereocenters. The van der Waals surface area contributed by atoms with Gasteiger partial charge in [-0.15, -0.1) is 0 Å². The molecule has 0 fully saturated rings. The van der Waals surface area contributed by atoms with Gasteiger partial charge < -0.3 is 20.0 Å². The Morgan fingerprint density at radius 2 is 1.69 bits per heavy atom. The fraction of sp³-hybridized carbons (Fsp3) is 0.111. The molecule has 26 heavy (non-hydrogen) atoms. The van der Waals surface area contributed by atoms with Gasteiger partial charge >= 0.3 is 0 Å². The summed E-state index contributed by atoms with van der Waals surface area (Å²) in [6, 6.07) is 14.6. The molecule has 134 valence electrons. The summed E-state index contributed by atoms with van der Waals surface area (Å²) in [6.45, 7) is -0.455. The number of carbonyl (C=O) groups is 3. The first kappa shape index (κ1) is 18.7. The van der Waals surface area contributed by atoms with E-state index in [9.17, 15) is 19.5 Å². The van der Waals surface area contributed by atoms with E-state index in [-0.39, 0.29) is 18.7 Å². The molecule has 8 nitrogen and oxygen atoms in total. The van der Waals surface area contributed by atoms with Crippen molar-refractivity contribution in [2.75, 3.05) is 13.2 Å². The maximum Gasteiger partial charge on any atom is 0.259 e. The van der Waals surface area contributed by atoms with Gasteiger partial charge in [-0.05, 0) is 23.3 Å². The predicted octanol–water partition coefficient (Wildman–Crippen LogP) is -0.305. The summed E-state index contributed by atoms with van der Waals surface area (Å²) in [5, 5.41) is 16.7. The van der Waals surface area contributed by atoms with Crippen LogP contribution >= 0.6 is 0 Å². The van der Waals surface area contributed by atoms with Gasteiger partial charge in [-0.25, -0.2) is 5.43 Å². The molecule has 0 saturated carbocycles. The van der Waals surface area contributed by atoms with Gasteiger partial charge in [-0.3, -0.25) is 9.59 Å². The first-order chi connectivity index (χ1) is 12.5.